The van der Waals surface area contributed by atoms with Crippen molar-refractivity contribution in [2.75, 3.05) is 4.90 Å². The third-order valence-corrected chi connectivity index (χ3v) is 6.76. The van der Waals surface area contributed by atoms with Crippen molar-refractivity contribution < 1.29 is 14.5 Å². The first-order chi connectivity index (χ1) is 14.4. The SMILES string of the molecule is CC(=C1[C@H]2C=C[C@H]1[C@H]1C(=O)N(c3ccc(Cl)c([N+](=O)[O-])c3)C(=O)[C@H]12)c1ccccc1. The zero-order valence-electron chi connectivity index (χ0n) is 16.0. The minimum absolute atomic E-state index is 0.0338. The Balaban J connectivity index is 1.54. The van der Waals surface area contributed by atoms with Gasteiger partial charge in [-0.05, 0) is 30.2 Å². The van der Waals surface area contributed by atoms with Crippen LogP contribution in [0.5, 0.6) is 0 Å². The van der Waals surface area contributed by atoms with E-state index in [0.717, 1.165) is 21.6 Å². The lowest BCUT2D eigenvalue weighted by molar-refractivity contribution is -0.384. The van der Waals surface area contributed by atoms with Crippen LogP contribution < -0.4 is 4.90 Å². The average Bonchev–Trinajstić information content (AvgIpc) is 3.38. The molecule has 2 aromatic rings. The van der Waals surface area contributed by atoms with E-state index in [1.54, 1.807) is 0 Å². The minimum atomic E-state index is -0.618. The van der Waals surface area contributed by atoms with Crippen LogP contribution in [0.25, 0.3) is 5.57 Å². The zero-order valence-corrected chi connectivity index (χ0v) is 16.7. The first-order valence-corrected chi connectivity index (χ1v) is 10.0. The van der Waals surface area contributed by atoms with Crippen molar-refractivity contribution in [1.82, 2.24) is 0 Å². The van der Waals surface area contributed by atoms with Crippen LogP contribution in [0.2, 0.25) is 5.02 Å². The summed E-state index contributed by atoms with van der Waals surface area (Å²) in [6.07, 6.45) is 4.04. The van der Waals surface area contributed by atoms with Crippen molar-refractivity contribution >= 4 is 40.4 Å². The quantitative estimate of drug-likeness (QED) is 0.313. The molecule has 7 heteroatoms. The second kappa shape index (κ2) is 6.64. The van der Waals surface area contributed by atoms with Gasteiger partial charge in [0.25, 0.3) is 5.69 Å². The Kier molecular flexibility index (Phi) is 4.15. The number of hydrogen-bond donors (Lipinski definition) is 0. The summed E-state index contributed by atoms with van der Waals surface area (Å²) in [6, 6.07) is 14.0. The van der Waals surface area contributed by atoms with Crippen LogP contribution in [0.15, 0.2) is 66.3 Å². The van der Waals surface area contributed by atoms with Gasteiger partial charge in [-0.15, -0.1) is 0 Å². The number of allylic oxidation sites excluding steroid dienone is 4. The number of anilines is 1. The fourth-order valence-corrected chi connectivity index (χ4v) is 5.34. The summed E-state index contributed by atoms with van der Waals surface area (Å²) in [6.45, 7) is 2.04. The van der Waals surface area contributed by atoms with E-state index >= 15 is 0 Å². The minimum Gasteiger partial charge on any atom is -0.274 e. The van der Waals surface area contributed by atoms with Crippen LogP contribution in [-0.2, 0) is 9.59 Å². The fraction of sp³-hybridized carbons (Fsp3) is 0.217. The van der Waals surface area contributed by atoms with E-state index in [1.807, 2.05) is 49.4 Å². The highest BCUT2D eigenvalue weighted by Crippen LogP contribution is 2.58. The number of amides is 2. The summed E-state index contributed by atoms with van der Waals surface area (Å²) in [5, 5.41) is 11.2. The number of imide groups is 1. The van der Waals surface area contributed by atoms with Gasteiger partial charge < -0.3 is 0 Å². The molecular formula is C23H17ClN2O4. The molecule has 30 heavy (non-hydrogen) atoms. The molecule has 2 aromatic carbocycles. The number of carbonyl (C=O) groups excluding carboxylic acids is 2. The van der Waals surface area contributed by atoms with E-state index in [9.17, 15) is 19.7 Å². The number of nitro groups is 1. The number of hydrogen-bond acceptors (Lipinski definition) is 4. The first kappa shape index (κ1) is 18.8. The molecule has 5 rings (SSSR count). The number of carbonyl (C=O) groups is 2. The smallest absolute Gasteiger partial charge is 0.274 e. The Labute approximate surface area is 177 Å². The Morgan fingerprint density at radius 1 is 1.00 bits per heavy atom. The van der Waals surface area contributed by atoms with Gasteiger partial charge in [0, 0.05) is 17.9 Å². The van der Waals surface area contributed by atoms with Gasteiger partial charge in [-0.3, -0.25) is 19.7 Å². The first-order valence-electron chi connectivity index (χ1n) is 9.66. The highest BCUT2D eigenvalue weighted by Gasteiger charge is 2.62. The summed E-state index contributed by atoms with van der Waals surface area (Å²) < 4.78 is 0. The summed E-state index contributed by atoms with van der Waals surface area (Å²) in [5.41, 5.74) is 3.17. The van der Waals surface area contributed by atoms with Gasteiger partial charge in [-0.2, -0.15) is 0 Å². The number of nitrogens with zero attached hydrogens (tertiary/aromatic N) is 2. The maximum Gasteiger partial charge on any atom is 0.289 e. The lowest BCUT2D eigenvalue weighted by Gasteiger charge is -2.20. The van der Waals surface area contributed by atoms with E-state index in [2.05, 4.69) is 0 Å². The number of rotatable bonds is 3. The Hall–Kier alpha value is -3.25. The van der Waals surface area contributed by atoms with Crippen LogP contribution in [0.3, 0.4) is 0 Å². The number of halogens is 1. The lowest BCUT2D eigenvalue weighted by atomic mass is 9.85. The molecule has 1 saturated heterocycles. The molecule has 1 heterocycles. The fourth-order valence-electron chi connectivity index (χ4n) is 5.15. The molecule has 2 fully saturated rings. The molecule has 1 saturated carbocycles. The standard InChI is InChI=1S/C23H17ClN2O4/c1-12(13-5-3-2-4-6-13)19-15-8-9-16(19)21-20(15)22(27)25(23(21)28)14-7-10-17(24)18(11-14)26(29)30/h2-11,15-16,20-21H,1H3/t15-,16-,20-,21+/m1/s1. The molecule has 0 N–H and O–H groups in total. The van der Waals surface area contributed by atoms with Gasteiger partial charge in [0.2, 0.25) is 11.8 Å². The predicted octanol–water partition coefficient (Wildman–Crippen LogP) is 4.64. The lowest BCUT2D eigenvalue weighted by Crippen LogP contribution is -2.33. The normalized spacial score (nSPS) is 28.3. The van der Waals surface area contributed by atoms with E-state index in [1.165, 1.54) is 18.2 Å². The van der Waals surface area contributed by atoms with Gasteiger partial charge in [0.15, 0.2) is 0 Å². The van der Waals surface area contributed by atoms with Crippen molar-refractivity contribution in [3.8, 4) is 0 Å². The van der Waals surface area contributed by atoms with Crippen molar-refractivity contribution in [2.45, 2.75) is 6.92 Å². The summed E-state index contributed by atoms with van der Waals surface area (Å²) in [5.74, 6) is -1.84. The van der Waals surface area contributed by atoms with Crippen LogP contribution >= 0.6 is 11.6 Å². The summed E-state index contributed by atoms with van der Waals surface area (Å²) in [7, 11) is 0. The molecule has 0 radical (unpaired) electrons. The van der Waals surface area contributed by atoms with Gasteiger partial charge in [0.1, 0.15) is 5.02 Å². The van der Waals surface area contributed by atoms with Crippen molar-refractivity contribution in [3.63, 3.8) is 0 Å². The number of nitro benzene ring substituents is 1. The average molecular weight is 421 g/mol. The third-order valence-electron chi connectivity index (χ3n) is 6.44. The number of benzene rings is 2. The van der Waals surface area contributed by atoms with E-state index in [0.29, 0.717) is 0 Å². The highest BCUT2D eigenvalue weighted by molar-refractivity contribution is 6.33. The molecule has 1 aliphatic heterocycles. The highest BCUT2D eigenvalue weighted by atomic mass is 35.5. The monoisotopic (exact) mass is 420 g/mol. The molecular weight excluding hydrogens is 404 g/mol. The molecule has 0 unspecified atom stereocenters. The van der Waals surface area contributed by atoms with E-state index in [-0.39, 0.29) is 40.0 Å². The summed E-state index contributed by atoms with van der Waals surface area (Å²) in [4.78, 5) is 38.3. The number of fused-ring (bicyclic) bond motifs is 5. The van der Waals surface area contributed by atoms with Crippen LogP contribution in [0.4, 0.5) is 11.4 Å². The predicted molar refractivity (Wildman–Crippen MR) is 113 cm³/mol. The Morgan fingerprint density at radius 3 is 2.17 bits per heavy atom. The van der Waals surface area contributed by atoms with E-state index in [4.69, 9.17) is 11.6 Å². The van der Waals surface area contributed by atoms with Gasteiger partial charge >= 0.3 is 0 Å². The second-order valence-electron chi connectivity index (χ2n) is 7.84. The molecule has 6 nitrogen and oxygen atoms in total. The Bertz CT molecular complexity index is 1140. The topological polar surface area (TPSA) is 80.5 Å². The summed E-state index contributed by atoms with van der Waals surface area (Å²) >= 11 is 5.89. The van der Waals surface area contributed by atoms with Gasteiger partial charge in [-0.1, -0.05) is 59.7 Å². The molecule has 0 aromatic heterocycles. The molecule has 2 amide bonds. The van der Waals surface area contributed by atoms with Crippen LogP contribution in [-0.4, -0.2) is 16.7 Å². The van der Waals surface area contributed by atoms with Crippen molar-refractivity contribution in [2.24, 2.45) is 23.7 Å². The zero-order chi connectivity index (χ0) is 21.2. The van der Waals surface area contributed by atoms with Crippen molar-refractivity contribution in [1.29, 1.82) is 0 Å². The molecule has 150 valence electrons. The maximum atomic E-state index is 13.3. The van der Waals surface area contributed by atoms with Crippen LogP contribution in [0.1, 0.15) is 12.5 Å². The molecule has 3 aliphatic rings. The Morgan fingerprint density at radius 2 is 1.60 bits per heavy atom. The third kappa shape index (κ3) is 2.50. The van der Waals surface area contributed by atoms with E-state index < -0.39 is 16.8 Å². The van der Waals surface area contributed by atoms with Gasteiger partial charge in [0.05, 0.1) is 22.4 Å². The van der Waals surface area contributed by atoms with Crippen molar-refractivity contribution in [3.05, 3.63) is 87.0 Å². The molecule has 4 atom stereocenters. The molecule has 0 spiro atoms. The van der Waals surface area contributed by atoms with Gasteiger partial charge in [-0.25, -0.2) is 4.90 Å². The molecule has 2 bridgehead atoms. The molecule has 2 aliphatic carbocycles. The van der Waals surface area contributed by atoms with Crippen LogP contribution in [0, 0.1) is 33.8 Å². The second-order valence-corrected chi connectivity index (χ2v) is 8.25. The largest absolute Gasteiger partial charge is 0.289 e. The maximum absolute atomic E-state index is 13.3.